The zero-order valence-corrected chi connectivity index (χ0v) is 13.2. The molecule has 0 spiro atoms. The van der Waals surface area contributed by atoms with Crippen LogP contribution in [0.4, 0.5) is 15.4 Å². The minimum absolute atomic E-state index is 0.134. The number of benzene rings is 1. The first-order valence-electron chi connectivity index (χ1n) is 6.13. The molecule has 110 valence electrons. The molecule has 3 rings (SSSR count). The van der Waals surface area contributed by atoms with E-state index in [1.54, 1.807) is 36.5 Å². The second-order valence-corrected chi connectivity index (χ2v) is 7.29. The second kappa shape index (κ2) is 5.63. The summed E-state index contributed by atoms with van der Waals surface area (Å²) in [7, 11) is -2.78. The van der Waals surface area contributed by atoms with Gasteiger partial charge in [-0.15, -0.1) is 3.89 Å². The molecule has 0 saturated carbocycles. The maximum Gasteiger partial charge on any atom is 0.240 e. The van der Waals surface area contributed by atoms with Crippen LogP contribution >= 0.6 is 26.7 Å². The highest BCUT2D eigenvalue weighted by Crippen LogP contribution is 2.64. The van der Waals surface area contributed by atoms with E-state index < -0.39 is 10.8 Å². The molecule has 1 unspecified atom stereocenters. The second-order valence-electron chi connectivity index (χ2n) is 4.37. The van der Waals surface area contributed by atoms with Gasteiger partial charge in [0.15, 0.2) is 0 Å². The average Bonchev–Trinajstić information content (AvgIpc) is 2.47. The van der Waals surface area contributed by atoms with Gasteiger partial charge >= 0.3 is 0 Å². The highest BCUT2D eigenvalue weighted by molar-refractivity contribution is 9.10. The number of amides is 1. The van der Waals surface area contributed by atoms with Crippen molar-refractivity contribution < 1.29 is 8.68 Å². The predicted molar refractivity (Wildman–Crippen MR) is 85.6 cm³/mol. The number of aromatic nitrogens is 1. The average molecular weight is 371 g/mol. The molecule has 0 saturated heterocycles. The Kier molecular flexibility index (Phi) is 3.83. The maximum absolute atomic E-state index is 14.5. The molecule has 0 radical (unpaired) electrons. The summed E-state index contributed by atoms with van der Waals surface area (Å²) in [6.07, 6.45) is 1.58. The van der Waals surface area contributed by atoms with Gasteiger partial charge < -0.3 is 10.0 Å². The number of pyridine rings is 1. The number of hydrogen-bond donors (Lipinski definition) is 3. The van der Waals surface area contributed by atoms with Crippen LogP contribution in [0.2, 0.25) is 0 Å². The van der Waals surface area contributed by atoms with Crippen molar-refractivity contribution in [3.63, 3.8) is 0 Å². The van der Waals surface area contributed by atoms with Crippen LogP contribution in [0, 0.1) is 0 Å². The fraction of sp³-hybridized carbons (Fsp3) is 0.0769. The molecule has 1 aliphatic rings. The third-order valence-corrected chi connectivity index (χ3v) is 5.34. The Hall–Kier alpha value is -1.64. The Morgan fingerprint density at radius 1 is 1.33 bits per heavy atom. The third-order valence-electron chi connectivity index (χ3n) is 2.87. The molecule has 2 aromatic rings. The molecular formula is C13H12BrFN4OS. The van der Waals surface area contributed by atoms with E-state index in [-0.39, 0.29) is 12.5 Å². The molecule has 1 aliphatic heterocycles. The number of anilines is 2. The largest absolute Gasteiger partial charge is 0.310 e. The van der Waals surface area contributed by atoms with E-state index in [2.05, 4.69) is 35.7 Å². The molecule has 8 heteroatoms. The Morgan fingerprint density at radius 2 is 2.14 bits per heavy atom. The lowest BCUT2D eigenvalue weighted by Crippen LogP contribution is -2.36. The number of rotatable bonds is 4. The number of fused-ring (bicyclic) bond motifs is 1. The van der Waals surface area contributed by atoms with E-state index in [0.29, 0.717) is 10.7 Å². The van der Waals surface area contributed by atoms with Gasteiger partial charge in [-0.3, -0.25) is 4.79 Å². The Bertz CT molecular complexity index is 684. The van der Waals surface area contributed by atoms with Crippen LogP contribution in [0.3, 0.4) is 0 Å². The first-order chi connectivity index (χ1) is 10.1. The summed E-state index contributed by atoms with van der Waals surface area (Å²) in [5.41, 5.74) is 0.762. The molecule has 1 amide bonds. The highest BCUT2D eigenvalue weighted by Gasteiger charge is 2.37. The van der Waals surface area contributed by atoms with Gasteiger partial charge in [0, 0.05) is 10.7 Å². The molecule has 2 heterocycles. The smallest absolute Gasteiger partial charge is 0.240 e. The number of carbonyl (C=O) groups is 1. The summed E-state index contributed by atoms with van der Waals surface area (Å²) >= 11 is 3.26. The highest BCUT2D eigenvalue weighted by atomic mass is 79.9. The molecular weight excluding hydrogens is 359 g/mol. The van der Waals surface area contributed by atoms with Crippen molar-refractivity contribution in [1.82, 2.24) is 9.71 Å². The summed E-state index contributed by atoms with van der Waals surface area (Å²) in [5.74, 6) is 0.0791. The topological polar surface area (TPSA) is 66.1 Å². The van der Waals surface area contributed by atoms with Crippen molar-refractivity contribution >= 4 is 44.1 Å². The third kappa shape index (κ3) is 3.02. The van der Waals surface area contributed by atoms with E-state index >= 15 is 0 Å². The predicted octanol–water partition coefficient (Wildman–Crippen LogP) is 3.38. The van der Waals surface area contributed by atoms with Crippen molar-refractivity contribution in [1.29, 1.82) is 0 Å². The maximum atomic E-state index is 14.5. The minimum atomic E-state index is -2.78. The zero-order valence-electron chi connectivity index (χ0n) is 10.8. The van der Waals surface area contributed by atoms with Crippen molar-refractivity contribution in [3.05, 3.63) is 47.1 Å². The quantitative estimate of drug-likeness (QED) is 0.771. The van der Waals surface area contributed by atoms with Crippen molar-refractivity contribution in [2.75, 3.05) is 16.6 Å². The molecule has 0 aliphatic carbocycles. The van der Waals surface area contributed by atoms with Crippen LogP contribution in [-0.4, -0.2) is 17.4 Å². The molecule has 1 aromatic heterocycles. The molecule has 0 bridgehead atoms. The van der Waals surface area contributed by atoms with Gasteiger partial charge in [-0.2, -0.15) is 0 Å². The van der Waals surface area contributed by atoms with Crippen LogP contribution < -0.4 is 14.8 Å². The first-order valence-corrected chi connectivity index (χ1v) is 8.45. The number of para-hydroxylation sites is 1. The number of nitrogens with one attached hydrogen (secondary N) is 3. The van der Waals surface area contributed by atoms with Crippen molar-refractivity contribution in [2.45, 2.75) is 4.90 Å². The number of halogens is 2. The van der Waals surface area contributed by atoms with Gasteiger partial charge in [-0.25, -0.2) is 9.71 Å². The number of carbonyl (C=O) groups excluding carboxylic acids is 1. The molecule has 0 fully saturated rings. The normalized spacial score (nSPS) is 22.2. The van der Waals surface area contributed by atoms with Gasteiger partial charge in [0.2, 0.25) is 5.91 Å². The zero-order chi connectivity index (χ0) is 14.9. The standard InChI is InChI=1S/C13H12BrFN4OS/c14-9-5-6-12(16-7-9)18-13(20)8-17-21(15)11-4-2-1-3-10(11)19-21/h1-7,17,19H,8H2,(H,16,18,20). The van der Waals surface area contributed by atoms with Gasteiger partial charge in [-0.05, 0) is 40.2 Å². The van der Waals surface area contributed by atoms with Crippen LogP contribution in [-0.2, 0) is 4.79 Å². The lowest BCUT2D eigenvalue weighted by atomic mass is 10.3. The number of hydrogen-bond acceptors (Lipinski definition) is 4. The van der Waals surface area contributed by atoms with E-state index in [1.807, 2.05) is 6.07 Å². The summed E-state index contributed by atoms with van der Waals surface area (Å²) < 4.78 is 20.7. The Morgan fingerprint density at radius 3 is 2.86 bits per heavy atom. The van der Waals surface area contributed by atoms with E-state index in [0.717, 1.165) is 10.2 Å². The van der Waals surface area contributed by atoms with Crippen LogP contribution in [0.1, 0.15) is 0 Å². The summed E-state index contributed by atoms with van der Waals surface area (Å²) in [6, 6.07) is 10.5. The van der Waals surface area contributed by atoms with Crippen molar-refractivity contribution in [2.24, 2.45) is 0 Å². The van der Waals surface area contributed by atoms with E-state index in [4.69, 9.17) is 0 Å². The lowest BCUT2D eigenvalue weighted by Gasteiger charge is -2.42. The fourth-order valence-electron chi connectivity index (χ4n) is 1.87. The number of nitrogens with zero attached hydrogens (tertiary/aromatic N) is 1. The summed E-state index contributed by atoms with van der Waals surface area (Å²) in [5, 5.41) is 2.60. The van der Waals surface area contributed by atoms with Crippen LogP contribution in [0.15, 0.2) is 52.0 Å². The SMILES string of the molecule is O=C(CNS1(F)Nc2ccccc21)Nc1ccc(Br)cn1. The lowest BCUT2D eigenvalue weighted by molar-refractivity contribution is -0.115. The van der Waals surface area contributed by atoms with Gasteiger partial charge in [-0.1, -0.05) is 12.1 Å². The summed E-state index contributed by atoms with van der Waals surface area (Å²) in [6.45, 7) is -0.134. The Balaban J connectivity index is 1.56. The van der Waals surface area contributed by atoms with Crippen LogP contribution in [0.5, 0.6) is 0 Å². The minimum Gasteiger partial charge on any atom is -0.310 e. The molecule has 1 aromatic carbocycles. The van der Waals surface area contributed by atoms with Gasteiger partial charge in [0.05, 0.1) is 27.9 Å². The molecule has 1 atom stereocenters. The molecule has 21 heavy (non-hydrogen) atoms. The fourth-order valence-corrected chi connectivity index (χ4v) is 3.79. The summed E-state index contributed by atoms with van der Waals surface area (Å²) in [4.78, 5) is 16.4. The van der Waals surface area contributed by atoms with Gasteiger partial charge in [0.25, 0.3) is 0 Å². The molecule has 5 nitrogen and oxygen atoms in total. The van der Waals surface area contributed by atoms with E-state index in [9.17, 15) is 8.68 Å². The molecule has 3 N–H and O–H groups in total. The Labute approximate surface area is 131 Å². The van der Waals surface area contributed by atoms with Crippen LogP contribution in [0.25, 0.3) is 0 Å². The monoisotopic (exact) mass is 370 g/mol. The van der Waals surface area contributed by atoms with Gasteiger partial charge in [0.1, 0.15) is 5.82 Å². The first kappa shape index (κ1) is 14.3. The van der Waals surface area contributed by atoms with Crippen molar-refractivity contribution in [3.8, 4) is 0 Å². The van der Waals surface area contributed by atoms with E-state index in [1.165, 1.54) is 0 Å².